The lowest BCUT2D eigenvalue weighted by Crippen LogP contribution is -2.15. The van der Waals surface area contributed by atoms with Crippen LogP contribution in [0.1, 0.15) is 11.1 Å². The normalized spacial score (nSPS) is 11.7. The van der Waals surface area contributed by atoms with E-state index in [2.05, 4.69) is 10.3 Å². The second-order valence-electron chi connectivity index (χ2n) is 9.92. The van der Waals surface area contributed by atoms with Gasteiger partial charge in [-0.1, -0.05) is 35.9 Å². The van der Waals surface area contributed by atoms with Gasteiger partial charge >= 0.3 is 0 Å². The lowest BCUT2D eigenvalue weighted by Gasteiger charge is -2.12. The summed E-state index contributed by atoms with van der Waals surface area (Å²) in [5.74, 6) is 1.15. The highest BCUT2D eigenvalue weighted by Gasteiger charge is 2.28. The topological polar surface area (TPSA) is 87.4 Å². The molecule has 0 spiro atoms. The van der Waals surface area contributed by atoms with E-state index in [-0.39, 0.29) is 4.90 Å². The molecule has 6 rings (SSSR count). The Kier molecular flexibility index (Phi) is 6.67. The molecule has 0 fully saturated rings. The molecule has 0 unspecified atom stereocenters. The number of aromatic nitrogens is 3. The average molecular weight is 567 g/mol. The molecule has 3 heterocycles. The van der Waals surface area contributed by atoms with E-state index >= 15 is 0 Å². The summed E-state index contributed by atoms with van der Waals surface area (Å²) in [5, 5.41) is 5.02. The molecule has 3 aromatic heterocycles. The van der Waals surface area contributed by atoms with E-state index in [9.17, 15) is 8.42 Å². The first-order chi connectivity index (χ1) is 19.8. The molecule has 0 bridgehead atoms. The summed E-state index contributed by atoms with van der Waals surface area (Å²) in [6, 6.07) is 24.4. The molecule has 0 aliphatic heterocycles. The summed E-state index contributed by atoms with van der Waals surface area (Å²) in [6.07, 6.45) is 3.59. The van der Waals surface area contributed by atoms with Gasteiger partial charge in [-0.2, -0.15) is 0 Å². The van der Waals surface area contributed by atoms with E-state index in [1.165, 1.54) is 3.97 Å². The minimum Gasteiger partial charge on any atom is -0.493 e. The van der Waals surface area contributed by atoms with Crippen molar-refractivity contribution >= 4 is 37.6 Å². The van der Waals surface area contributed by atoms with Crippen molar-refractivity contribution in [1.29, 1.82) is 0 Å². The summed E-state index contributed by atoms with van der Waals surface area (Å²) in [6.45, 7) is 2.43. The lowest BCUT2D eigenvalue weighted by molar-refractivity contribution is 0.355. The average Bonchev–Trinajstić information content (AvgIpc) is 3.54. The molecule has 41 heavy (non-hydrogen) atoms. The van der Waals surface area contributed by atoms with Gasteiger partial charge in [0, 0.05) is 54.1 Å². The molecule has 0 saturated heterocycles. The monoisotopic (exact) mass is 566 g/mol. The standard InChI is InChI=1S/C32H30N4O4S/c1-21-10-12-24(13-11-21)41(37,38)36-29(27-20-35(2)28-18-31(40-4)30(39-3)17-26(27)28)16-25-22(14-15-33-32(25)36)19-34-23-8-6-5-7-9-23/h5-18,20,34H,19H2,1-4H3. The van der Waals surface area contributed by atoms with Crippen LogP contribution in [0.2, 0.25) is 0 Å². The van der Waals surface area contributed by atoms with Crippen molar-refractivity contribution in [1.82, 2.24) is 13.5 Å². The highest BCUT2D eigenvalue weighted by Crippen LogP contribution is 2.41. The zero-order valence-electron chi connectivity index (χ0n) is 23.3. The number of fused-ring (bicyclic) bond motifs is 2. The number of pyridine rings is 1. The molecular formula is C32H30N4O4S. The summed E-state index contributed by atoms with van der Waals surface area (Å²) in [4.78, 5) is 4.80. The number of methoxy groups -OCH3 is 2. The SMILES string of the molecule is COc1cc2c(-c3cc4c(CNc5ccccc5)ccnc4n3S(=O)(=O)c3ccc(C)cc3)cn(C)c2cc1OC. The van der Waals surface area contributed by atoms with Gasteiger partial charge in [-0.15, -0.1) is 0 Å². The van der Waals surface area contributed by atoms with Crippen LogP contribution in [0.4, 0.5) is 5.69 Å². The number of hydrogen-bond acceptors (Lipinski definition) is 6. The largest absolute Gasteiger partial charge is 0.493 e. The van der Waals surface area contributed by atoms with Gasteiger partial charge in [0.2, 0.25) is 0 Å². The van der Waals surface area contributed by atoms with Crippen LogP contribution in [0.3, 0.4) is 0 Å². The fraction of sp³-hybridized carbons (Fsp3) is 0.156. The van der Waals surface area contributed by atoms with Crippen LogP contribution in [0, 0.1) is 6.92 Å². The van der Waals surface area contributed by atoms with Crippen LogP contribution in [-0.2, 0) is 23.6 Å². The molecule has 0 saturated carbocycles. The van der Waals surface area contributed by atoms with E-state index in [0.29, 0.717) is 29.4 Å². The van der Waals surface area contributed by atoms with E-state index < -0.39 is 10.0 Å². The smallest absolute Gasteiger partial charge is 0.269 e. The maximum atomic E-state index is 14.3. The summed E-state index contributed by atoms with van der Waals surface area (Å²) >= 11 is 0. The van der Waals surface area contributed by atoms with Gasteiger partial charge in [0.15, 0.2) is 17.1 Å². The van der Waals surface area contributed by atoms with E-state index in [1.807, 2.05) is 79.3 Å². The number of benzene rings is 3. The third-order valence-electron chi connectivity index (χ3n) is 7.34. The van der Waals surface area contributed by atoms with Gasteiger partial charge in [0.1, 0.15) is 0 Å². The van der Waals surface area contributed by atoms with Gasteiger partial charge in [-0.05, 0) is 55.0 Å². The van der Waals surface area contributed by atoms with Gasteiger partial charge in [-0.25, -0.2) is 17.4 Å². The van der Waals surface area contributed by atoms with E-state index in [1.54, 1.807) is 44.7 Å². The molecule has 0 atom stereocenters. The summed E-state index contributed by atoms with van der Waals surface area (Å²) in [5.41, 5.74) is 5.37. The zero-order valence-corrected chi connectivity index (χ0v) is 24.1. The molecule has 8 nitrogen and oxygen atoms in total. The van der Waals surface area contributed by atoms with Crippen molar-refractivity contribution < 1.29 is 17.9 Å². The quantitative estimate of drug-likeness (QED) is 0.230. The highest BCUT2D eigenvalue weighted by molar-refractivity contribution is 7.90. The second-order valence-corrected chi connectivity index (χ2v) is 11.7. The first-order valence-corrected chi connectivity index (χ1v) is 14.6. The molecule has 1 N–H and O–H groups in total. The minimum absolute atomic E-state index is 0.191. The van der Waals surface area contributed by atoms with Crippen LogP contribution >= 0.6 is 0 Å². The van der Waals surface area contributed by atoms with Gasteiger partial charge < -0.3 is 19.4 Å². The molecule has 6 aromatic rings. The van der Waals surface area contributed by atoms with Crippen LogP contribution in [-0.4, -0.2) is 36.2 Å². The molecule has 3 aromatic carbocycles. The Balaban J connectivity index is 1.62. The third-order valence-corrected chi connectivity index (χ3v) is 9.06. The number of ether oxygens (including phenoxy) is 2. The zero-order chi connectivity index (χ0) is 28.7. The van der Waals surface area contributed by atoms with Crippen LogP contribution in [0.25, 0.3) is 33.2 Å². The number of aryl methyl sites for hydroxylation is 2. The molecular weight excluding hydrogens is 536 g/mol. The predicted octanol–water partition coefficient (Wildman–Crippen LogP) is 6.37. The number of para-hydroxylation sites is 1. The molecule has 0 aliphatic carbocycles. The van der Waals surface area contributed by atoms with E-state index in [0.717, 1.165) is 38.7 Å². The van der Waals surface area contributed by atoms with Crippen molar-refractivity contribution in [3.05, 3.63) is 102 Å². The van der Waals surface area contributed by atoms with Gasteiger partial charge in [0.05, 0.1) is 30.3 Å². The molecule has 0 aliphatic rings. The van der Waals surface area contributed by atoms with Crippen molar-refractivity contribution in [2.24, 2.45) is 7.05 Å². The van der Waals surface area contributed by atoms with Crippen LogP contribution < -0.4 is 14.8 Å². The molecule has 9 heteroatoms. The number of anilines is 1. The predicted molar refractivity (Wildman–Crippen MR) is 162 cm³/mol. The summed E-state index contributed by atoms with van der Waals surface area (Å²) in [7, 11) is 1.08. The maximum Gasteiger partial charge on any atom is 0.269 e. The number of hydrogen-bond donors (Lipinski definition) is 1. The Hall–Kier alpha value is -4.76. The van der Waals surface area contributed by atoms with Crippen LogP contribution in [0.5, 0.6) is 11.5 Å². The maximum absolute atomic E-state index is 14.3. The van der Waals surface area contributed by atoms with E-state index in [4.69, 9.17) is 9.47 Å². The second kappa shape index (κ2) is 10.3. The number of rotatable bonds is 8. The molecule has 0 amide bonds. The molecule has 208 valence electrons. The van der Waals surface area contributed by atoms with Crippen molar-refractivity contribution in [3.63, 3.8) is 0 Å². The van der Waals surface area contributed by atoms with Crippen LogP contribution in [0.15, 0.2) is 96.2 Å². The minimum atomic E-state index is -4.02. The van der Waals surface area contributed by atoms with Gasteiger partial charge in [-0.3, -0.25) is 0 Å². The Bertz CT molecular complexity index is 1990. The first kappa shape index (κ1) is 26.5. The van der Waals surface area contributed by atoms with Gasteiger partial charge in [0.25, 0.3) is 10.0 Å². The number of nitrogens with one attached hydrogen (secondary N) is 1. The van der Waals surface area contributed by atoms with Crippen molar-refractivity contribution in [2.45, 2.75) is 18.4 Å². The fourth-order valence-corrected chi connectivity index (χ4v) is 6.67. The Labute approximate surface area is 238 Å². The Morgan fingerprint density at radius 1 is 0.878 bits per heavy atom. The Morgan fingerprint density at radius 2 is 1.59 bits per heavy atom. The third kappa shape index (κ3) is 4.58. The summed E-state index contributed by atoms with van der Waals surface area (Å²) < 4.78 is 43.1. The number of nitrogens with zero attached hydrogens (tertiary/aromatic N) is 3. The lowest BCUT2D eigenvalue weighted by atomic mass is 10.1. The fourth-order valence-electron chi connectivity index (χ4n) is 5.20. The first-order valence-electron chi connectivity index (χ1n) is 13.1. The highest BCUT2D eigenvalue weighted by atomic mass is 32.2. The van der Waals surface area contributed by atoms with Crippen molar-refractivity contribution in [3.8, 4) is 22.8 Å². The Morgan fingerprint density at radius 3 is 2.29 bits per heavy atom. The van der Waals surface area contributed by atoms with Crippen molar-refractivity contribution in [2.75, 3.05) is 19.5 Å². The molecule has 0 radical (unpaired) electrons.